The van der Waals surface area contributed by atoms with Crippen LogP contribution in [0.5, 0.6) is 0 Å². The van der Waals surface area contributed by atoms with Gasteiger partial charge in [-0.15, -0.1) is 11.3 Å². The first-order chi connectivity index (χ1) is 15.0. The standard InChI is InChI=1S/C22H21BrClFN4OS/c23-17-4-1-15(2-5-17)20-14-31-22(26-20)27-21(30)13-29-9-7-28(8-10-29)12-16-3-6-18(25)11-19(16)24/h1-6,11,14H,7-10,12-13H2,(H,26,27,30). The van der Waals surface area contributed by atoms with Gasteiger partial charge in [0, 0.05) is 53.2 Å². The summed E-state index contributed by atoms with van der Waals surface area (Å²) in [5.74, 6) is -0.388. The second-order valence-electron chi connectivity index (χ2n) is 7.38. The number of rotatable bonds is 6. The van der Waals surface area contributed by atoms with Crippen molar-refractivity contribution in [1.82, 2.24) is 14.8 Å². The highest BCUT2D eigenvalue weighted by molar-refractivity contribution is 9.10. The first kappa shape index (κ1) is 22.4. The van der Waals surface area contributed by atoms with Crippen LogP contribution in [0.15, 0.2) is 52.3 Å². The normalized spacial score (nSPS) is 15.2. The monoisotopic (exact) mass is 522 g/mol. The Morgan fingerprint density at radius 1 is 1.13 bits per heavy atom. The lowest BCUT2D eigenvalue weighted by atomic mass is 10.2. The van der Waals surface area contributed by atoms with E-state index in [0.29, 0.717) is 23.2 Å². The van der Waals surface area contributed by atoms with Gasteiger partial charge in [0.05, 0.1) is 12.2 Å². The third-order valence-corrected chi connectivity index (χ3v) is 6.77. The topological polar surface area (TPSA) is 48.5 Å². The summed E-state index contributed by atoms with van der Waals surface area (Å²) in [6.07, 6.45) is 0. The minimum atomic E-state index is -0.325. The Hall–Kier alpha value is -1.84. The fraction of sp³-hybridized carbons (Fsp3) is 0.273. The van der Waals surface area contributed by atoms with Gasteiger partial charge in [-0.25, -0.2) is 9.37 Å². The Bertz CT molecular complexity index is 1050. The summed E-state index contributed by atoms with van der Waals surface area (Å²) in [6.45, 7) is 4.23. The van der Waals surface area contributed by atoms with Crippen LogP contribution in [0.3, 0.4) is 0 Å². The van der Waals surface area contributed by atoms with Gasteiger partial charge in [-0.05, 0) is 29.8 Å². The van der Waals surface area contributed by atoms with Crippen molar-refractivity contribution < 1.29 is 9.18 Å². The van der Waals surface area contributed by atoms with Gasteiger partial charge in [-0.3, -0.25) is 14.6 Å². The van der Waals surface area contributed by atoms with E-state index >= 15 is 0 Å². The zero-order valence-electron chi connectivity index (χ0n) is 16.7. The molecule has 162 valence electrons. The summed E-state index contributed by atoms with van der Waals surface area (Å²) >= 11 is 11.0. The third-order valence-electron chi connectivity index (χ3n) is 5.13. The van der Waals surface area contributed by atoms with E-state index in [1.165, 1.54) is 23.5 Å². The summed E-state index contributed by atoms with van der Waals surface area (Å²) in [6, 6.07) is 12.4. The predicted molar refractivity (Wildman–Crippen MR) is 127 cm³/mol. The van der Waals surface area contributed by atoms with Crippen LogP contribution in [-0.2, 0) is 11.3 Å². The molecule has 2 aromatic carbocycles. The maximum absolute atomic E-state index is 13.2. The van der Waals surface area contributed by atoms with E-state index in [-0.39, 0.29) is 11.7 Å². The Labute approximate surface area is 198 Å². The third kappa shape index (κ3) is 6.11. The maximum Gasteiger partial charge on any atom is 0.240 e. The number of nitrogens with zero attached hydrogens (tertiary/aromatic N) is 3. The highest BCUT2D eigenvalue weighted by Crippen LogP contribution is 2.26. The lowest BCUT2D eigenvalue weighted by Crippen LogP contribution is -2.48. The fourth-order valence-electron chi connectivity index (χ4n) is 3.44. The molecular formula is C22H21BrClFN4OS. The summed E-state index contributed by atoms with van der Waals surface area (Å²) in [5, 5.41) is 5.90. The van der Waals surface area contributed by atoms with Crippen molar-refractivity contribution in [3.63, 3.8) is 0 Å². The van der Waals surface area contributed by atoms with Crippen molar-refractivity contribution in [2.24, 2.45) is 0 Å². The highest BCUT2D eigenvalue weighted by Gasteiger charge is 2.20. The van der Waals surface area contributed by atoms with Crippen LogP contribution in [0.2, 0.25) is 5.02 Å². The van der Waals surface area contributed by atoms with Crippen molar-refractivity contribution in [1.29, 1.82) is 0 Å². The summed E-state index contributed by atoms with van der Waals surface area (Å²) in [4.78, 5) is 21.4. The van der Waals surface area contributed by atoms with Gasteiger partial charge in [-0.2, -0.15) is 0 Å². The molecular weight excluding hydrogens is 503 g/mol. The molecule has 31 heavy (non-hydrogen) atoms. The van der Waals surface area contributed by atoms with Crippen molar-refractivity contribution in [3.05, 3.63) is 68.7 Å². The minimum absolute atomic E-state index is 0.0632. The largest absolute Gasteiger partial charge is 0.301 e. The summed E-state index contributed by atoms with van der Waals surface area (Å²) in [7, 11) is 0. The van der Waals surface area contributed by atoms with Crippen LogP contribution in [0, 0.1) is 5.82 Å². The van der Waals surface area contributed by atoms with E-state index in [2.05, 4.69) is 36.0 Å². The smallest absolute Gasteiger partial charge is 0.240 e. The molecule has 3 aromatic rings. The molecule has 4 rings (SSSR count). The average molecular weight is 524 g/mol. The van der Waals surface area contributed by atoms with Crippen molar-refractivity contribution in [2.75, 3.05) is 38.0 Å². The molecule has 5 nitrogen and oxygen atoms in total. The summed E-state index contributed by atoms with van der Waals surface area (Å²) in [5.41, 5.74) is 2.78. The number of hydrogen-bond acceptors (Lipinski definition) is 5. The number of piperazine rings is 1. The van der Waals surface area contributed by atoms with Crippen LogP contribution >= 0.6 is 38.9 Å². The summed E-state index contributed by atoms with van der Waals surface area (Å²) < 4.78 is 14.2. The molecule has 0 radical (unpaired) electrons. The number of benzene rings is 2. The highest BCUT2D eigenvalue weighted by atomic mass is 79.9. The molecule has 1 fully saturated rings. The molecule has 1 saturated heterocycles. The van der Waals surface area contributed by atoms with Crippen LogP contribution in [-0.4, -0.2) is 53.4 Å². The molecule has 0 saturated carbocycles. The number of hydrogen-bond donors (Lipinski definition) is 1. The molecule has 1 aliphatic heterocycles. The Morgan fingerprint density at radius 3 is 2.55 bits per heavy atom. The van der Waals surface area contributed by atoms with E-state index in [0.717, 1.165) is 47.5 Å². The quantitative estimate of drug-likeness (QED) is 0.487. The minimum Gasteiger partial charge on any atom is -0.301 e. The van der Waals surface area contributed by atoms with Gasteiger partial charge in [0.1, 0.15) is 5.82 Å². The SMILES string of the molecule is O=C(CN1CCN(Cc2ccc(F)cc2Cl)CC1)Nc1nc(-c2ccc(Br)cc2)cs1. The lowest BCUT2D eigenvalue weighted by Gasteiger charge is -2.34. The van der Waals surface area contributed by atoms with E-state index in [4.69, 9.17) is 11.6 Å². The molecule has 9 heteroatoms. The number of nitrogens with one attached hydrogen (secondary N) is 1. The number of anilines is 1. The molecule has 1 N–H and O–H groups in total. The van der Waals surface area contributed by atoms with E-state index in [9.17, 15) is 9.18 Å². The second-order valence-corrected chi connectivity index (χ2v) is 9.56. The van der Waals surface area contributed by atoms with Gasteiger partial charge in [0.15, 0.2) is 5.13 Å². The van der Waals surface area contributed by atoms with E-state index in [1.54, 1.807) is 6.07 Å². The first-order valence-electron chi connectivity index (χ1n) is 9.86. The Balaban J connectivity index is 1.24. The van der Waals surface area contributed by atoms with Gasteiger partial charge < -0.3 is 5.32 Å². The van der Waals surface area contributed by atoms with Gasteiger partial charge in [0.2, 0.25) is 5.91 Å². The molecule has 0 atom stereocenters. The molecule has 2 heterocycles. The van der Waals surface area contributed by atoms with Crippen LogP contribution < -0.4 is 5.32 Å². The second kappa shape index (κ2) is 10.2. The molecule has 1 aromatic heterocycles. The lowest BCUT2D eigenvalue weighted by molar-refractivity contribution is -0.117. The molecule has 0 spiro atoms. The van der Waals surface area contributed by atoms with Gasteiger partial charge in [-0.1, -0.05) is 45.7 Å². The van der Waals surface area contributed by atoms with Gasteiger partial charge >= 0.3 is 0 Å². The molecule has 0 unspecified atom stereocenters. The number of amides is 1. The first-order valence-corrected chi connectivity index (χ1v) is 11.9. The van der Waals surface area contributed by atoms with Crippen LogP contribution in [0.25, 0.3) is 11.3 Å². The molecule has 0 aliphatic carbocycles. The zero-order valence-corrected chi connectivity index (χ0v) is 19.8. The van der Waals surface area contributed by atoms with Crippen molar-refractivity contribution in [2.45, 2.75) is 6.54 Å². The van der Waals surface area contributed by atoms with Crippen LogP contribution in [0.4, 0.5) is 9.52 Å². The van der Waals surface area contributed by atoms with Crippen molar-refractivity contribution >= 4 is 49.9 Å². The maximum atomic E-state index is 13.2. The number of carbonyl (C=O) groups excluding carboxylic acids is 1. The fourth-order valence-corrected chi connectivity index (χ4v) is 4.67. The predicted octanol–water partition coefficient (Wildman–Crippen LogP) is 5.12. The Kier molecular flexibility index (Phi) is 7.35. The van der Waals surface area contributed by atoms with Gasteiger partial charge in [0.25, 0.3) is 0 Å². The van der Waals surface area contributed by atoms with Crippen molar-refractivity contribution in [3.8, 4) is 11.3 Å². The number of carbonyl (C=O) groups is 1. The Morgan fingerprint density at radius 2 is 1.84 bits per heavy atom. The zero-order chi connectivity index (χ0) is 21.8. The number of thiazole rings is 1. The van der Waals surface area contributed by atoms with E-state index in [1.807, 2.05) is 29.6 Å². The molecule has 0 bridgehead atoms. The molecule has 1 aliphatic rings. The molecule has 1 amide bonds. The van der Waals surface area contributed by atoms with Crippen LogP contribution in [0.1, 0.15) is 5.56 Å². The number of aromatic nitrogens is 1. The average Bonchev–Trinajstić information content (AvgIpc) is 3.20. The number of halogens is 3. The van der Waals surface area contributed by atoms with E-state index < -0.39 is 0 Å².